The van der Waals surface area contributed by atoms with Crippen molar-refractivity contribution >= 4 is 71.8 Å². The summed E-state index contributed by atoms with van der Waals surface area (Å²) < 4.78 is 33.5. The molecule has 10 rings (SSSR count). The number of allylic oxidation sites excluding steroid dienone is 2. The zero-order valence-electron chi connectivity index (χ0n) is 71.6. The Kier molecular flexibility index (Phi) is 37.3. The number of ether oxygens (including phenoxy) is 5. The van der Waals surface area contributed by atoms with E-state index in [9.17, 15) is 94.2 Å². The fourth-order valence-electron chi connectivity index (χ4n) is 13.9. The van der Waals surface area contributed by atoms with Crippen molar-refractivity contribution in [1.29, 1.82) is 0 Å². The van der Waals surface area contributed by atoms with Crippen LogP contribution in [0.25, 0.3) is 0 Å². The number of carbonyl (C=O) groups is 1. The monoisotopic (exact) mass is 1780 g/mol. The molecule has 0 bridgehead atoms. The summed E-state index contributed by atoms with van der Waals surface area (Å²) in [6.45, 7) is 31.0. The van der Waals surface area contributed by atoms with Gasteiger partial charge in [0.25, 0.3) is 28.1 Å². The largest absolute Gasteiger partial charge is 0.388 e. The van der Waals surface area contributed by atoms with Gasteiger partial charge < -0.3 is 85.0 Å². The van der Waals surface area contributed by atoms with Gasteiger partial charge in [0.1, 0.15) is 66.4 Å². The molecule has 15 N–H and O–H groups in total. The van der Waals surface area contributed by atoms with Gasteiger partial charge in [-0.1, -0.05) is 45.4 Å². The predicted octanol–water partition coefficient (Wildman–Crippen LogP) is 1.50. The predicted molar refractivity (Wildman–Crippen MR) is 484 cm³/mol. The number of nitrogens with one attached hydrogen (secondary N) is 5. The van der Waals surface area contributed by atoms with Crippen molar-refractivity contribution in [3.63, 3.8) is 0 Å². The third-order valence-corrected chi connectivity index (χ3v) is 28.3. The molecular formula is C81H133N10O24P5. The molecule has 4 aromatic heterocycles. The topological polar surface area (TPSA) is 500 Å². The van der Waals surface area contributed by atoms with Crippen molar-refractivity contribution < 1.29 is 79.5 Å². The summed E-state index contributed by atoms with van der Waals surface area (Å²) in [4.78, 5) is 118. The summed E-state index contributed by atoms with van der Waals surface area (Å²) in [6.07, 6.45) is 26.3. The summed E-state index contributed by atoms with van der Waals surface area (Å²) in [5.74, 6) is 0.0372. The van der Waals surface area contributed by atoms with E-state index in [0.717, 1.165) is 59.2 Å². The summed E-state index contributed by atoms with van der Waals surface area (Å²) in [7, 11) is 0. The standard InChI is InChI=1S/C17H29N2O5P.C17H27N2O5P.C16H27N2O5P.C16H25N2O5P.C15H25N2O4P/c2*1-5-6-7-11-10-19(17(23)18-15(11)22)16-14(21)13(20)12(24-16)8-9-25(2,3)4;2*1-5-6-10-9-18(16(22)17-14(10)21)15-13(20)12(19)11(23-15)7-8-24(2,3)4;1-10-16-12(18)6-8-17(10)14-15(2,20)13(19)11(21-14)7-9-22(3,4)5/h10,12-14,16,20-21H,2,5-9H2,1,3-4H3,(H,18,22,23);5,10,12-14,16,20-21H,1-2,6-9H2,3-4H3,(H,18,22,23);9,11-13,15,19-20H,2,5-8H2,1,3-4H3,(H,17,21,22);5,9,11-13,15,19-20H,1-2,6-8H2,3-4H3,(H,17,21,22);6,8,11,13-14,19-20H,1,3,7,9H2,2,4-5H3,(H,16,18)/t2*12-,13-,14-,16?;2*11-,12-,13-,15?;11-,13-,14-,15-/m11111/s1. The van der Waals surface area contributed by atoms with E-state index < -0.39 is 202 Å². The Morgan fingerprint density at radius 1 is 0.425 bits per heavy atom. The lowest BCUT2D eigenvalue weighted by Gasteiger charge is -2.37. The van der Waals surface area contributed by atoms with Gasteiger partial charge in [0.05, 0.1) is 30.5 Å². The molecule has 4 aromatic rings. The van der Waals surface area contributed by atoms with Crippen LogP contribution in [0.4, 0.5) is 0 Å². The number of carbonyl (C=O) groups excluding carboxylic acids is 1. The third-order valence-electron chi connectivity index (χ3n) is 21.0. The summed E-state index contributed by atoms with van der Waals surface area (Å²) in [5.41, 5.74) is -4.26. The molecule has 0 radical (unpaired) electrons. The van der Waals surface area contributed by atoms with Crippen molar-refractivity contribution in [2.45, 2.75) is 226 Å². The lowest BCUT2D eigenvalue weighted by Crippen LogP contribution is -2.53. The first-order valence-corrected chi connectivity index (χ1v) is 55.4. The van der Waals surface area contributed by atoms with Crippen molar-refractivity contribution in [2.75, 3.05) is 97.5 Å². The van der Waals surface area contributed by atoms with Crippen LogP contribution in [-0.2, 0) is 54.2 Å². The van der Waals surface area contributed by atoms with Crippen LogP contribution in [-0.4, -0.2) is 326 Å². The van der Waals surface area contributed by atoms with Gasteiger partial charge in [0, 0.05) is 59.3 Å². The second-order valence-corrected chi connectivity index (χ2v) is 56.8. The van der Waals surface area contributed by atoms with E-state index in [2.05, 4.69) is 143 Å². The summed E-state index contributed by atoms with van der Waals surface area (Å²) in [5, 5.41) is 106. The highest BCUT2D eigenvalue weighted by atomic mass is 31.2. The van der Waals surface area contributed by atoms with Gasteiger partial charge in [-0.3, -0.25) is 62.2 Å². The van der Waals surface area contributed by atoms with E-state index in [-0.39, 0.29) is 12.3 Å². The van der Waals surface area contributed by atoms with Gasteiger partial charge in [-0.15, -0.1) is 79.1 Å². The zero-order valence-corrected chi connectivity index (χ0v) is 76.1. The van der Waals surface area contributed by atoms with E-state index in [1.165, 1.54) is 58.0 Å². The molecular weight excluding hydrogens is 1650 g/mol. The van der Waals surface area contributed by atoms with Crippen molar-refractivity contribution in [3.8, 4) is 0 Å². The number of hydrogen-bond donors (Lipinski definition) is 15. The highest BCUT2D eigenvalue weighted by molar-refractivity contribution is 7.73. The molecule has 39 heteroatoms. The highest BCUT2D eigenvalue weighted by Crippen LogP contribution is 2.45. The van der Waals surface area contributed by atoms with Gasteiger partial charge in [0.15, 0.2) is 31.1 Å². The number of rotatable bonds is 30. The van der Waals surface area contributed by atoms with E-state index in [0.29, 0.717) is 85.9 Å². The highest BCUT2D eigenvalue weighted by Gasteiger charge is 2.55. The third kappa shape index (κ3) is 28.7. The van der Waals surface area contributed by atoms with Crippen molar-refractivity contribution in [1.82, 2.24) is 48.4 Å². The van der Waals surface area contributed by atoms with E-state index >= 15 is 0 Å². The number of H-pyrrole nitrogens is 4. The maximum atomic E-state index is 12.2. The maximum Gasteiger partial charge on any atom is 0.330 e. The molecule has 120 heavy (non-hydrogen) atoms. The van der Waals surface area contributed by atoms with Gasteiger partial charge in [-0.2, -0.15) is 0 Å². The number of amides is 1. The minimum absolute atomic E-state index is 0.278. The lowest BCUT2D eigenvalue weighted by atomic mass is 9.95. The van der Waals surface area contributed by atoms with Crippen LogP contribution in [0, 0.1) is 0 Å². The summed E-state index contributed by atoms with van der Waals surface area (Å²) in [6, 6.07) is 0. The molecule has 4 unspecified atom stereocenters. The number of nitrogens with zero attached hydrogens (tertiary/aromatic N) is 5. The molecule has 676 valence electrons. The molecule has 5 saturated heterocycles. The quantitative estimate of drug-likeness (QED) is 0.0260. The first-order chi connectivity index (χ1) is 55.6. The molecule has 0 spiro atoms. The second kappa shape index (κ2) is 43.6. The molecule has 20 atom stereocenters. The van der Waals surface area contributed by atoms with Crippen molar-refractivity contribution in [3.05, 3.63) is 180 Å². The Balaban J connectivity index is 0.000000233. The number of aryl methyl sites for hydroxylation is 3. The molecule has 34 nitrogen and oxygen atoms in total. The first-order valence-electron chi connectivity index (χ1n) is 40.1. The minimum Gasteiger partial charge on any atom is -0.388 e. The van der Waals surface area contributed by atoms with Gasteiger partial charge in [-0.25, -0.2) is 19.2 Å². The molecule has 1 amide bonds. The Bertz CT molecular complexity index is 4990. The summed E-state index contributed by atoms with van der Waals surface area (Å²) >= 11 is 0. The average molecular weight is 1790 g/mol. The van der Waals surface area contributed by atoms with Crippen LogP contribution < -0.4 is 50.3 Å². The molecule has 0 aromatic carbocycles. The Hall–Kier alpha value is -6.15. The van der Waals surface area contributed by atoms with E-state index in [1.807, 2.05) is 13.8 Å². The van der Waals surface area contributed by atoms with E-state index in [4.69, 9.17) is 23.7 Å². The average Bonchev–Trinajstić information content (AvgIpc) is 1.62. The normalized spacial score (nSPS) is 28.7. The van der Waals surface area contributed by atoms with Crippen LogP contribution in [0.1, 0.15) is 126 Å². The number of unbranched alkanes of at least 4 members (excludes halogenated alkanes) is 1. The molecule has 5 fully saturated rings. The minimum atomic E-state index is -1.47. The zero-order chi connectivity index (χ0) is 90.4. The maximum absolute atomic E-state index is 12.2. The number of aromatic amines is 4. The Morgan fingerprint density at radius 2 is 0.725 bits per heavy atom. The first kappa shape index (κ1) is 103. The lowest BCUT2D eigenvalue weighted by molar-refractivity contribution is -0.123. The fourth-order valence-corrected chi connectivity index (χ4v) is 18.7. The van der Waals surface area contributed by atoms with Crippen LogP contribution in [0.3, 0.4) is 0 Å². The van der Waals surface area contributed by atoms with E-state index in [1.54, 1.807) is 12.2 Å². The molecule has 10 heterocycles. The number of aliphatic hydroxyl groups excluding tert-OH is 9. The fraction of sp³-hybridized carbons (Fsp3) is 0.630. The number of aromatic nitrogens is 8. The van der Waals surface area contributed by atoms with Gasteiger partial charge in [0.2, 0.25) is 0 Å². The molecule has 6 aliphatic rings. The van der Waals surface area contributed by atoms with Crippen LogP contribution in [0.2, 0.25) is 0 Å². The molecule has 0 aliphatic carbocycles. The number of hydrogen-bond acceptors (Lipinski definition) is 25. The van der Waals surface area contributed by atoms with Gasteiger partial charge >= 0.3 is 22.8 Å². The Morgan fingerprint density at radius 3 is 1.02 bits per heavy atom. The number of aliphatic hydroxyl groups is 10. The smallest absolute Gasteiger partial charge is 0.330 e. The SMILES string of the molecule is C=C1NC(=O)C=CN1[C@@H]1O[C@H](CCP(=C)(C)C)[C@@H](O)[C@@]1(C)O.C=CCCc1cn(C2O[C@H](CCP(=C)(C)C)[C@@H](O)[C@H]2O)c(=O)[nH]c1=O.C=CCc1cn(C2O[C@H](CCP(=C)(C)C)[C@@H](O)[C@H]2O)c(=O)[nH]c1=O.C=P(C)(C)CC[C@H]1OC(n2cc(CCC)c(=O)[nH]c2=O)[C@H](O)[C@@H]1O.C=P(C)(C)CC[C@H]1OC(n2cc(CCCC)c(=O)[nH]c2=O)[C@H](O)[C@@H]1O. The molecule has 0 saturated carbocycles. The van der Waals surface area contributed by atoms with Crippen molar-refractivity contribution in [2.24, 2.45) is 0 Å². The Labute approximate surface area is 700 Å². The van der Waals surface area contributed by atoms with Crippen LogP contribution in [0.15, 0.2) is 113 Å². The van der Waals surface area contributed by atoms with Crippen LogP contribution >= 0.6 is 34.4 Å². The van der Waals surface area contributed by atoms with Gasteiger partial charge in [-0.05, 0) is 175 Å². The second-order valence-electron chi connectivity index (χ2n) is 35.2. The molecule has 6 aliphatic heterocycles. The van der Waals surface area contributed by atoms with Crippen LogP contribution in [0.5, 0.6) is 0 Å².